The van der Waals surface area contributed by atoms with Crippen LogP contribution in [0.1, 0.15) is 27.7 Å². The standard InChI is InChI=1S/C2H8N2.4C2H4O2.2Fe/c3-1-2-4;4*1-2(3)4;;/h1-4H2;4*1H3,(H,3,4);;/q;;;;;2*+2/p-4. The molecule has 0 atom stereocenters. The molecule has 0 aliphatic heterocycles. The number of hydrogen-bond acceptors (Lipinski definition) is 10. The first-order valence-electron chi connectivity index (χ1n) is 4.95. The zero-order chi connectivity index (χ0) is 17.7. The van der Waals surface area contributed by atoms with E-state index in [4.69, 9.17) is 51.1 Å². The third-order valence-electron chi connectivity index (χ3n) is 0.167. The van der Waals surface area contributed by atoms with Gasteiger partial charge in [-0.3, -0.25) is 0 Å². The molecule has 134 valence electrons. The zero-order valence-corrected chi connectivity index (χ0v) is 14.8. The Morgan fingerprint density at radius 1 is 0.591 bits per heavy atom. The summed E-state index contributed by atoms with van der Waals surface area (Å²) in [5.41, 5.74) is 9.81. The van der Waals surface area contributed by atoms with Crippen LogP contribution in [0.15, 0.2) is 0 Å². The molecule has 12 heteroatoms. The van der Waals surface area contributed by atoms with Crippen molar-refractivity contribution in [2.75, 3.05) is 13.1 Å². The normalized spacial score (nSPS) is 5.91. The van der Waals surface area contributed by atoms with E-state index in [-0.39, 0.29) is 34.1 Å². The summed E-state index contributed by atoms with van der Waals surface area (Å²) >= 11 is 0. The summed E-state index contributed by atoms with van der Waals surface area (Å²) in [4.78, 5) is 35.6. The van der Waals surface area contributed by atoms with Crippen LogP contribution in [-0.2, 0) is 53.3 Å². The predicted octanol–water partition coefficient (Wildman–Crippen LogP) is -6.08. The molecular formula is C10H20Fe2N2O8. The fourth-order valence-electron chi connectivity index (χ4n) is 0. The van der Waals surface area contributed by atoms with Crippen LogP contribution in [0.2, 0.25) is 0 Å². The van der Waals surface area contributed by atoms with E-state index in [1.807, 2.05) is 0 Å². The Labute approximate surface area is 150 Å². The molecule has 0 saturated heterocycles. The molecule has 0 bridgehead atoms. The molecule has 0 aliphatic carbocycles. The minimum Gasteiger partial charge on any atom is -0.550 e. The van der Waals surface area contributed by atoms with Gasteiger partial charge in [0.05, 0.1) is 0 Å². The maximum absolute atomic E-state index is 8.89. The Morgan fingerprint density at radius 3 is 0.636 bits per heavy atom. The second-order valence-electron chi connectivity index (χ2n) is 2.54. The molecule has 0 aromatic heterocycles. The zero-order valence-electron chi connectivity index (χ0n) is 12.5. The van der Waals surface area contributed by atoms with E-state index in [0.717, 1.165) is 27.7 Å². The van der Waals surface area contributed by atoms with Gasteiger partial charge in [0.2, 0.25) is 0 Å². The van der Waals surface area contributed by atoms with E-state index in [1.54, 1.807) is 0 Å². The number of carboxylic acids is 4. The Balaban J connectivity index is -0.0000000250. The Hall–Kier alpha value is -1.16. The van der Waals surface area contributed by atoms with Crippen LogP contribution in [0.25, 0.3) is 0 Å². The molecule has 0 fully saturated rings. The number of carbonyl (C=O) groups excluding carboxylic acids is 4. The number of hydrogen-bond donors (Lipinski definition) is 2. The van der Waals surface area contributed by atoms with Crippen LogP contribution in [0.5, 0.6) is 0 Å². The summed E-state index contributed by atoms with van der Waals surface area (Å²) in [5, 5.41) is 35.6. The van der Waals surface area contributed by atoms with Crippen molar-refractivity contribution in [1.82, 2.24) is 0 Å². The number of rotatable bonds is 1. The van der Waals surface area contributed by atoms with Crippen molar-refractivity contribution in [3.63, 3.8) is 0 Å². The van der Waals surface area contributed by atoms with Crippen LogP contribution in [0, 0.1) is 0 Å². The first-order valence-corrected chi connectivity index (χ1v) is 4.95. The van der Waals surface area contributed by atoms with Crippen molar-refractivity contribution in [3.8, 4) is 0 Å². The molecule has 0 saturated carbocycles. The van der Waals surface area contributed by atoms with Gasteiger partial charge < -0.3 is 51.1 Å². The SMILES string of the molecule is CC(=O)[O-].CC(=O)[O-].CC(=O)[O-].CC(=O)[O-].NCCN.[Fe+2].[Fe+2]. The Bertz CT molecular complexity index is 199. The van der Waals surface area contributed by atoms with Crippen molar-refractivity contribution in [2.45, 2.75) is 27.7 Å². The largest absolute Gasteiger partial charge is 2.00 e. The molecule has 0 unspecified atom stereocenters. The van der Waals surface area contributed by atoms with E-state index < -0.39 is 23.9 Å². The molecule has 0 amide bonds. The quantitative estimate of drug-likeness (QED) is 0.392. The van der Waals surface area contributed by atoms with E-state index in [2.05, 4.69) is 0 Å². The summed E-state index contributed by atoms with van der Waals surface area (Å²) < 4.78 is 0. The van der Waals surface area contributed by atoms with Gasteiger partial charge in [-0.2, -0.15) is 0 Å². The number of nitrogens with two attached hydrogens (primary N) is 2. The summed E-state index contributed by atoms with van der Waals surface area (Å²) in [5.74, 6) is -4.33. The molecule has 0 spiro atoms. The summed E-state index contributed by atoms with van der Waals surface area (Å²) in [6.07, 6.45) is 0. The fourth-order valence-corrected chi connectivity index (χ4v) is 0. The van der Waals surface area contributed by atoms with Crippen LogP contribution in [-0.4, -0.2) is 37.0 Å². The van der Waals surface area contributed by atoms with Gasteiger partial charge in [0.1, 0.15) is 0 Å². The van der Waals surface area contributed by atoms with Gasteiger partial charge in [-0.25, -0.2) is 0 Å². The average molecular weight is 408 g/mol. The molecule has 0 aromatic rings. The molecule has 4 N–H and O–H groups in total. The third kappa shape index (κ3) is 231000. The van der Waals surface area contributed by atoms with E-state index >= 15 is 0 Å². The molecule has 0 aliphatic rings. The predicted molar refractivity (Wildman–Crippen MR) is 60.8 cm³/mol. The van der Waals surface area contributed by atoms with E-state index in [9.17, 15) is 0 Å². The molecular weight excluding hydrogens is 388 g/mol. The van der Waals surface area contributed by atoms with Crippen LogP contribution in [0.4, 0.5) is 0 Å². The second-order valence-corrected chi connectivity index (χ2v) is 2.54. The van der Waals surface area contributed by atoms with Crippen molar-refractivity contribution in [3.05, 3.63) is 0 Å². The molecule has 10 nitrogen and oxygen atoms in total. The molecule has 0 heterocycles. The number of carboxylic acid groups (broad SMARTS) is 4. The van der Waals surface area contributed by atoms with E-state index in [1.165, 1.54) is 0 Å². The molecule has 0 radical (unpaired) electrons. The van der Waals surface area contributed by atoms with Crippen LogP contribution >= 0.6 is 0 Å². The Kier molecular flexibility index (Phi) is 83.1. The summed E-state index contributed by atoms with van der Waals surface area (Å²) in [7, 11) is 0. The monoisotopic (exact) mass is 408 g/mol. The summed E-state index contributed by atoms with van der Waals surface area (Å²) in [6.45, 7) is 5.08. The topological polar surface area (TPSA) is 213 Å². The van der Waals surface area contributed by atoms with Crippen molar-refractivity contribution in [1.29, 1.82) is 0 Å². The molecule has 22 heavy (non-hydrogen) atoms. The third-order valence-corrected chi connectivity index (χ3v) is 0.167. The van der Waals surface area contributed by atoms with Crippen LogP contribution < -0.4 is 31.9 Å². The number of aliphatic carboxylic acids is 4. The van der Waals surface area contributed by atoms with Gasteiger partial charge >= 0.3 is 34.1 Å². The van der Waals surface area contributed by atoms with Gasteiger partial charge in [0, 0.05) is 37.0 Å². The van der Waals surface area contributed by atoms with E-state index in [0.29, 0.717) is 13.1 Å². The van der Waals surface area contributed by atoms with Gasteiger partial charge in [-0.05, 0) is 27.7 Å². The first kappa shape index (κ1) is 42.8. The van der Waals surface area contributed by atoms with Gasteiger partial charge in [0.25, 0.3) is 0 Å². The van der Waals surface area contributed by atoms with Gasteiger partial charge in [-0.1, -0.05) is 0 Å². The summed E-state index contributed by atoms with van der Waals surface area (Å²) in [6, 6.07) is 0. The maximum Gasteiger partial charge on any atom is 2.00 e. The number of carbonyl (C=O) groups is 4. The smallest absolute Gasteiger partial charge is 0.550 e. The van der Waals surface area contributed by atoms with Gasteiger partial charge in [0.15, 0.2) is 0 Å². The molecule has 0 aromatic carbocycles. The van der Waals surface area contributed by atoms with Crippen molar-refractivity contribution >= 4 is 23.9 Å². The average Bonchev–Trinajstić information content (AvgIpc) is 2.13. The second kappa shape index (κ2) is 42.7. The minimum atomic E-state index is -1.08. The fraction of sp³-hybridized carbons (Fsp3) is 0.600. The first-order chi connectivity index (χ1) is 8.84. The van der Waals surface area contributed by atoms with Crippen molar-refractivity contribution < 1.29 is 73.7 Å². The van der Waals surface area contributed by atoms with Crippen LogP contribution in [0.3, 0.4) is 0 Å². The maximum atomic E-state index is 8.89. The van der Waals surface area contributed by atoms with Gasteiger partial charge in [-0.15, -0.1) is 0 Å². The molecule has 0 rings (SSSR count). The van der Waals surface area contributed by atoms with Crippen molar-refractivity contribution in [2.24, 2.45) is 11.5 Å². The minimum absolute atomic E-state index is 0. The Morgan fingerprint density at radius 2 is 0.636 bits per heavy atom.